The zero-order chi connectivity index (χ0) is 29.1. The largest absolute Gasteiger partial charge is 0.491 e. The zero-order valence-corrected chi connectivity index (χ0v) is 18.9. The molecule has 1 heterocycles. The summed E-state index contributed by atoms with van der Waals surface area (Å²) >= 11 is 0. The molecule has 2 rings (SSSR count). The van der Waals surface area contributed by atoms with Crippen LogP contribution in [0.4, 0.5) is 54.0 Å². The van der Waals surface area contributed by atoms with Gasteiger partial charge >= 0.3 is 24.8 Å². The Morgan fingerprint density at radius 1 is 0.921 bits per heavy atom. The number of hydrogen-bond donors (Lipinski definition) is 0. The fourth-order valence-corrected chi connectivity index (χ4v) is 2.81. The van der Waals surface area contributed by atoms with E-state index in [1.165, 1.54) is 0 Å². The van der Waals surface area contributed by atoms with Gasteiger partial charge in [-0.05, 0) is 29.8 Å². The molecule has 0 radical (unpaired) electrons. The number of nitrogens with zero attached hydrogens (tertiary/aromatic N) is 3. The van der Waals surface area contributed by atoms with Crippen LogP contribution in [0.15, 0.2) is 36.9 Å². The Morgan fingerprint density at radius 3 is 1.97 bits per heavy atom. The van der Waals surface area contributed by atoms with E-state index >= 15 is 0 Å². The summed E-state index contributed by atoms with van der Waals surface area (Å²) in [6.07, 6.45) is -21.8. The number of alkyl halides is 11. The summed E-state index contributed by atoms with van der Waals surface area (Å²) in [4.78, 5) is 18.7. The molecule has 0 saturated carbocycles. The topological polar surface area (TPSA) is 64.5 Å². The van der Waals surface area contributed by atoms with Gasteiger partial charge in [-0.25, -0.2) is 9.88 Å². The number of amides is 1. The maximum Gasteiger partial charge on any atom is 0.491 e. The normalized spacial score (nSPS) is 12.7. The fraction of sp³-hybridized carbons (Fsp3) is 0.381. The minimum atomic E-state index is -5.40. The lowest BCUT2D eigenvalue weighted by molar-refractivity contribution is -0.159. The molecular formula is C21H16F11N3O3. The lowest BCUT2D eigenvalue weighted by Crippen LogP contribution is -2.44. The van der Waals surface area contributed by atoms with Gasteiger partial charge in [-0.1, -0.05) is 6.58 Å². The molecule has 0 N–H and O–H groups in total. The van der Waals surface area contributed by atoms with Gasteiger partial charge < -0.3 is 9.47 Å². The Kier molecular flexibility index (Phi) is 8.84. The van der Waals surface area contributed by atoms with Gasteiger partial charge in [0, 0.05) is 13.0 Å². The van der Waals surface area contributed by atoms with Crippen molar-refractivity contribution >= 4 is 17.2 Å². The summed E-state index contributed by atoms with van der Waals surface area (Å²) in [5.41, 5.74) is -2.39. The van der Waals surface area contributed by atoms with Crippen LogP contribution in [0, 0.1) is 0 Å². The molecule has 6 nitrogen and oxygen atoms in total. The Labute approximate surface area is 206 Å². The van der Waals surface area contributed by atoms with Crippen molar-refractivity contribution in [3.8, 4) is 11.6 Å². The second-order valence-corrected chi connectivity index (χ2v) is 7.58. The van der Waals surface area contributed by atoms with E-state index < -0.39 is 89.4 Å². The first-order valence-electron chi connectivity index (χ1n) is 10.0. The van der Waals surface area contributed by atoms with Crippen LogP contribution in [0.3, 0.4) is 0 Å². The highest BCUT2D eigenvalue weighted by molar-refractivity contribution is 5.95. The minimum absolute atomic E-state index is 0.372. The maximum absolute atomic E-state index is 13.7. The maximum atomic E-state index is 13.7. The third-order valence-electron chi connectivity index (χ3n) is 4.11. The van der Waals surface area contributed by atoms with E-state index in [4.69, 9.17) is 0 Å². The number of halogens is 11. The monoisotopic (exact) mass is 567 g/mol. The summed E-state index contributed by atoms with van der Waals surface area (Å²) in [5.74, 6) is -4.24. The van der Waals surface area contributed by atoms with Crippen LogP contribution in [0.25, 0.3) is 5.57 Å². The number of allylic oxidation sites excluding steroid dienone is 1. The molecule has 0 bridgehead atoms. The van der Waals surface area contributed by atoms with Crippen LogP contribution in [-0.4, -0.2) is 47.2 Å². The molecule has 0 aliphatic rings. The van der Waals surface area contributed by atoms with Crippen molar-refractivity contribution in [2.75, 3.05) is 11.5 Å². The number of rotatable bonds is 9. The highest BCUT2D eigenvalue weighted by Crippen LogP contribution is 2.33. The van der Waals surface area contributed by atoms with E-state index in [9.17, 15) is 53.1 Å². The van der Waals surface area contributed by atoms with Crippen molar-refractivity contribution in [3.63, 3.8) is 0 Å². The predicted octanol–water partition coefficient (Wildman–Crippen LogP) is 6.47. The van der Waals surface area contributed by atoms with Gasteiger partial charge in [0.15, 0.2) is 6.61 Å². The van der Waals surface area contributed by atoms with Gasteiger partial charge in [-0.2, -0.15) is 40.1 Å². The lowest BCUT2D eigenvalue weighted by atomic mass is 10.1. The predicted molar refractivity (Wildman–Crippen MR) is 108 cm³/mol. The van der Waals surface area contributed by atoms with Crippen LogP contribution in [0.2, 0.25) is 0 Å². The second-order valence-electron chi connectivity index (χ2n) is 7.58. The van der Waals surface area contributed by atoms with Gasteiger partial charge in [-0.3, -0.25) is 4.79 Å². The van der Waals surface area contributed by atoms with Crippen molar-refractivity contribution in [2.45, 2.75) is 44.5 Å². The highest BCUT2D eigenvalue weighted by atomic mass is 19.4. The van der Waals surface area contributed by atoms with E-state index in [0.29, 0.717) is 37.3 Å². The standard InChI is InChI=1S/C21H16F11N3O3/c1-11(9-19(24,25)26)14-7-16(37-10-20(27,28)29)34-15(33-14)8-17(36)35(21(30,31)32)12-3-5-13(6-4-12)38-18(2,22)23/h3-7H,1,8-10H2,2H3. The lowest BCUT2D eigenvalue weighted by Gasteiger charge is -2.25. The summed E-state index contributed by atoms with van der Waals surface area (Å²) in [7, 11) is 0. The molecule has 1 amide bonds. The first kappa shape index (κ1) is 30.6. The molecule has 0 spiro atoms. The molecule has 0 unspecified atom stereocenters. The van der Waals surface area contributed by atoms with Gasteiger partial charge in [0.2, 0.25) is 11.8 Å². The van der Waals surface area contributed by atoms with E-state index in [0.717, 1.165) is 0 Å². The molecule has 2 aromatic rings. The third-order valence-corrected chi connectivity index (χ3v) is 4.11. The van der Waals surface area contributed by atoms with Gasteiger partial charge in [0.05, 0.1) is 24.2 Å². The number of ether oxygens (including phenoxy) is 2. The SMILES string of the molecule is C=C(CC(F)(F)F)c1cc(OCC(F)(F)F)nc(CC(=O)N(c2ccc(OC(C)(F)F)cc2)C(F)(F)F)n1. The Hall–Kier alpha value is -3.66. The van der Waals surface area contributed by atoms with Crippen LogP contribution in [0.1, 0.15) is 24.9 Å². The summed E-state index contributed by atoms with van der Waals surface area (Å²) in [6, 6.07) is 3.21. The van der Waals surface area contributed by atoms with Crippen molar-refractivity contribution in [1.82, 2.24) is 9.97 Å². The number of aromatic nitrogens is 2. The summed E-state index contributed by atoms with van der Waals surface area (Å²) < 4.78 is 151. The van der Waals surface area contributed by atoms with Crippen LogP contribution in [0.5, 0.6) is 11.6 Å². The second kappa shape index (κ2) is 11.0. The van der Waals surface area contributed by atoms with E-state index in [-0.39, 0.29) is 0 Å². The molecule has 1 aromatic heterocycles. The smallest absolute Gasteiger partial charge is 0.468 e. The Morgan fingerprint density at radius 2 is 1.50 bits per heavy atom. The Balaban J connectivity index is 2.41. The van der Waals surface area contributed by atoms with E-state index in [1.807, 2.05) is 0 Å². The minimum Gasteiger partial charge on any atom is -0.468 e. The van der Waals surface area contributed by atoms with Gasteiger partial charge in [0.25, 0.3) is 0 Å². The molecule has 0 saturated heterocycles. The van der Waals surface area contributed by atoms with Gasteiger partial charge in [-0.15, -0.1) is 13.2 Å². The molecule has 0 aliphatic carbocycles. The molecular weight excluding hydrogens is 551 g/mol. The van der Waals surface area contributed by atoms with E-state index in [1.54, 1.807) is 0 Å². The van der Waals surface area contributed by atoms with Crippen LogP contribution in [-0.2, 0) is 11.2 Å². The van der Waals surface area contributed by atoms with E-state index in [2.05, 4.69) is 26.0 Å². The zero-order valence-electron chi connectivity index (χ0n) is 18.9. The summed E-state index contributed by atoms with van der Waals surface area (Å²) in [6.45, 7) is 1.52. The van der Waals surface area contributed by atoms with Crippen molar-refractivity contribution in [2.24, 2.45) is 0 Å². The molecule has 17 heteroatoms. The fourth-order valence-electron chi connectivity index (χ4n) is 2.81. The first-order valence-corrected chi connectivity index (χ1v) is 10.0. The van der Waals surface area contributed by atoms with Crippen LogP contribution >= 0.6 is 0 Å². The molecule has 38 heavy (non-hydrogen) atoms. The number of hydrogen-bond acceptors (Lipinski definition) is 5. The number of benzene rings is 1. The summed E-state index contributed by atoms with van der Waals surface area (Å²) in [5, 5.41) is 0. The first-order chi connectivity index (χ1) is 17.1. The number of carbonyl (C=O) groups excluding carboxylic acids is 1. The number of anilines is 1. The van der Waals surface area contributed by atoms with Gasteiger partial charge in [0.1, 0.15) is 11.6 Å². The van der Waals surface area contributed by atoms with Crippen molar-refractivity contribution in [1.29, 1.82) is 0 Å². The molecule has 210 valence electrons. The average molecular weight is 567 g/mol. The van der Waals surface area contributed by atoms with Crippen molar-refractivity contribution in [3.05, 3.63) is 48.4 Å². The number of carbonyl (C=O) groups is 1. The molecule has 0 aliphatic heterocycles. The molecule has 0 fully saturated rings. The quantitative estimate of drug-likeness (QED) is 0.257. The average Bonchev–Trinajstić information content (AvgIpc) is 2.69. The van der Waals surface area contributed by atoms with Crippen molar-refractivity contribution < 1.29 is 62.6 Å². The highest BCUT2D eigenvalue weighted by Gasteiger charge is 2.42. The molecule has 1 aromatic carbocycles. The third kappa shape index (κ3) is 10.0. The van der Waals surface area contributed by atoms with Crippen LogP contribution < -0.4 is 14.4 Å². The Bertz CT molecular complexity index is 1140. The molecule has 0 atom stereocenters.